The molecular weight excluding hydrogens is 473 g/mol. The van der Waals surface area contributed by atoms with Crippen molar-refractivity contribution in [1.29, 1.82) is 0 Å². The van der Waals surface area contributed by atoms with Crippen LogP contribution in [0, 0.1) is 0 Å². The van der Waals surface area contributed by atoms with E-state index in [1.807, 2.05) is 36.4 Å². The predicted molar refractivity (Wildman–Crippen MR) is 126 cm³/mol. The van der Waals surface area contributed by atoms with Crippen molar-refractivity contribution in [3.05, 3.63) is 58.1 Å². The topological polar surface area (TPSA) is 76.1 Å². The van der Waals surface area contributed by atoms with Crippen molar-refractivity contribution in [2.45, 2.75) is 22.6 Å². The van der Waals surface area contributed by atoms with Crippen molar-refractivity contribution in [3.63, 3.8) is 0 Å². The summed E-state index contributed by atoms with van der Waals surface area (Å²) >= 11 is 14.4. The lowest BCUT2D eigenvalue weighted by Crippen LogP contribution is -2.39. The lowest BCUT2D eigenvalue weighted by atomic mass is 10.2. The molecule has 170 valence electrons. The van der Waals surface area contributed by atoms with Gasteiger partial charge in [-0.25, -0.2) is 0 Å². The number of ether oxygens (including phenoxy) is 2. The summed E-state index contributed by atoms with van der Waals surface area (Å²) in [6, 6.07) is 11.2. The van der Waals surface area contributed by atoms with Gasteiger partial charge in [0, 0.05) is 35.4 Å². The first-order valence-corrected chi connectivity index (χ1v) is 11.7. The third-order valence-corrected chi connectivity index (χ3v) is 6.70. The Bertz CT molecular complexity index is 992. The highest BCUT2D eigenvalue weighted by molar-refractivity contribution is 7.99. The molecule has 2 aromatic rings. The summed E-state index contributed by atoms with van der Waals surface area (Å²) in [5, 5.41) is 9.48. The van der Waals surface area contributed by atoms with Crippen molar-refractivity contribution in [2.75, 3.05) is 32.9 Å². The molecule has 0 radical (unpaired) electrons. The molecule has 0 aromatic heterocycles. The second-order valence-corrected chi connectivity index (χ2v) is 8.85. The van der Waals surface area contributed by atoms with E-state index in [9.17, 15) is 9.59 Å². The SMILES string of the molecule is O=C(O)CCCOc1cccc(Sc2ccc(C=CC(=O)N3CCOCC3)c(Cl)c2Cl)c1. The van der Waals surface area contributed by atoms with Gasteiger partial charge in [-0.05, 0) is 42.3 Å². The number of benzene rings is 2. The molecule has 1 heterocycles. The number of nitrogens with zero attached hydrogens (tertiary/aromatic N) is 1. The molecule has 0 spiro atoms. The number of carboxylic acids is 1. The van der Waals surface area contributed by atoms with Gasteiger partial charge >= 0.3 is 5.97 Å². The van der Waals surface area contributed by atoms with Gasteiger partial charge in [0.05, 0.1) is 29.9 Å². The Morgan fingerprint density at radius 2 is 1.94 bits per heavy atom. The Hall–Kier alpha value is -2.19. The number of morpholine rings is 1. The molecule has 1 aliphatic rings. The Labute approximate surface area is 201 Å². The molecule has 1 aliphatic heterocycles. The Morgan fingerprint density at radius 1 is 1.16 bits per heavy atom. The lowest BCUT2D eigenvalue weighted by molar-refractivity contribution is -0.137. The number of amides is 1. The quantitative estimate of drug-likeness (QED) is 0.377. The zero-order chi connectivity index (χ0) is 22.9. The van der Waals surface area contributed by atoms with E-state index < -0.39 is 5.97 Å². The number of hydrogen-bond acceptors (Lipinski definition) is 5. The summed E-state index contributed by atoms with van der Waals surface area (Å²) in [5.74, 6) is -0.268. The van der Waals surface area contributed by atoms with E-state index in [0.717, 1.165) is 9.79 Å². The summed E-state index contributed by atoms with van der Waals surface area (Å²) in [6.07, 6.45) is 3.69. The highest BCUT2D eigenvalue weighted by Crippen LogP contribution is 2.40. The predicted octanol–water partition coefficient (Wildman–Crippen LogP) is 5.26. The number of rotatable bonds is 9. The summed E-state index contributed by atoms with van der Waals surface area (Å²) in [4.78, 5) is 26.3. The molecule has 6 nitrogen and oxygen atoms in total. The van der Waals surface area contributed by atoms with Crippen LogP contribution in [0.4, 0.5) is 0 Å². The van der Waals surface area contributed by atoms with E-state index in [1.165, 1.54) is 17.8 Å². The molecular formula is C23H23Cl2NO5S. The third-order valence-electron chi connectivity index (χ3n) is 4.64. The van der Waals surface area contributed by atoms with Crippen molar-refractivity contribution >= 4 is 52.9 Å². The summed E-state index contributed by atoms with van der Waals surface area (Å²) < 4.78 is 10.9. The van der Waals surface area contributed by atoms with E-state index in [4.69, 9.17) is 37.8 Å². The van der Waals surface area contributed by atoms with Gasteiger partial charge < -0.3 is 19.5 Å². The van der Waals surface area contributed by atoms with Crippen molar-refractivity contribution < 1.29 is 24.2 Å². The number of hydrogen-bond donors (Lipinski definition) is 1. The van der Waals surface area contributed by atoms with Gasteiger partial charge in [-0.3, -0.25) is 9.59 Å². The molecule has 3 rings (SSSR count). The molecule has 2 aromatic carbocycles. The normalized spacial score (nSPS) is 14.0. The first-order chi connectivity index (χ1) is 15.4. The Morgan fingerprint density at radius 3 is 2.69 bits per heavy atom. The van der Waals surface area contributed by atoms with Crippen LogP contribution in [0.5, 0.6) is 5.75 Å². The molecule has 0 atom stereocenters. The lowest BCUT2D eigenvalue weighted by Gasteiger charge is -2.25. The van der Waals surface area contributed by atoms with Crippen LogP contribution < -0.4 is 4.74 Å². The molecule has 9 heteroatoms. The van der Waals surface area contributed by atoms with Gasteiger partial charge in [-0.2, -0.15) is 0 Å². The molecule has 1 N–H and O–H groups in total. The van der Waals surface area contributed by atoms with Crippen LogP contribution in [0.1, 0.15) is 18.4 Å². The fourth-order valence-electron chi connectivity index (χ4n) is 2.97. The number of halogens is 2. The van der Waals surface area contributed by atoms with Crippen molar-refractivity contribution in [1.82, 2.24) is 4.90 Å². The second-order valence-electron chi connectivity index (χ2n) is 6.97. The van der Waals surface area contributed by atoms with Crippen LogP contribution >= 0.6 is 35.0 Å². The largest absolute Gasteiger partial charge is 0.494 e. The maximum atomic E-state index is 12.3. The first kappa shape index (κ1) is 24.5. The number of carbonyl (C=O) groups is 2. The molecule has 0 unspecified atom stereocenters. The van der Waals surface area contributed by atoms with Crippen LogP contribution in [0.3, 0.4) is 0 Å². The van der Waals surface area contributed by atoms with Crippen LogP contribution in [0.25, 0.3) is 6.08 Å². The minimum Gasteiger partial charge on any atom is -0.494 e. The van der Waals surface area contributed by atoms with E-state index in [-0.39, 0.29) is 12.3 Å². The van der Waals surface area contributed by atoms with Crippen LogP contribution in [0.2, 0.25) is 10.0 Å². The molecule has 32 heavy (non-hydrogen) atoms. The molecule has 1 saturated heterocycles. The molecule has 1 fully saturated rings. The summed E-state index contributed by atoms with van der Waals surface area (Å²) in [6.45, 7) is 2.59. The van der Waals surface area contributed by atoms with E-state index in [0.29, 0.717) is 60.7 Å². The van der Waals surface area contributed by atoms with Crippen LogP contribution in [0.15, 0.2) is 52.3 Å². The van der Waals surface area contributed by atoms with Crippen molar-refractivity contribution in [2.24, 2.45) is 0 Å². The highest BCUT2D eigenvalue weighted by Gasteiger charge is 2.15. The van der Waals surface area contributed by atoms with Crippen molar-refractivity contribution in [3.8, 4) is 5.75 Å². The summed E-state index contributed by atoms with van der Waals surface area (Å²) in [5.41, 5.74) is 0.665. The van der Waals surface area contributed by atoms with Gasteiger partial charge in [0.1, 0.15) is 5.75 Å². The smallest absolute Gasteiger partial charge is 0.303 e. The Kier molecular flexibility index (Phi) is 9.29. The Balaban J connectivity index is 1.63. The fraction of sp³-hybridized carbons (Fsp3) is 0.304. The van der Waals surface area contributed by atoms with Gasteiger partial charge in [0.2, 0.25) is 5.91 Å². The third kappa shape index (κ3) is 7.17. The number of carbonyl (C=O) groups excluding carboxylic acids is 1. The minimum absolute atomic E-state index is 0.0708. The maximum Gasteiger partial charge on any atom is 0.303 e. The second kappa shape index (κ2) is 12.2. The summed E-state index contributed by atoms with van der Waals surface area (Å²) in [7, 11) is 0. The standard InChI is InChI=1S/C23H23Cl2NO5S/c24-22-16(7-9-20(27)26-10-13-30-14-11-26)6-8-19(23(22)25)32-18-4-1-3-17(15-18)31-12-2-5-21(28)29/h1,3-4,6-9,15H,2,5,10-14H2,(H,28,29). The van der Waals surface area contributed by atoms with E-state index in [2.05, 4.69) is 0 Å². The maximum absolute atomic E-state index is 12.3. The van der Waals surface area contributed by atoms with Crippen LogP contribution in [-0.2, 0) is 14.3 Å². The van der Waals surface area contributed by atoms with Gasteiger partial charge in [0.15, 0.2) is 0 Å². The van der Waals surface area contributed by atoms with Gasteiger partial charge in [-0.1, -0.05) is 47.1 Å². The average molecular weight is 496 g/mol. The average Bonchev–Trinajstić information content (AvgIpc) is 2.80. The molecule has 1 amide bonds. The fourth-order valence-corrected chi connectivity index (χ4v) is 4.45. The first-order valence-electron chi connectivity index (χ1n) is 10.1. The van der Waals surface area contributed by atoms with Crippen LogP contribution in [-0.4, -0.2) is 54.8 Å². The minimum atomic E-state index is -0.840. The van der Waals surface area contributed by atoms with Gasteiger partial charge in [0.25, 0.3) is 0 Å². The van der Waals surface area contributed by atoms with E-state index >= 15 is 0 Å². The zero-order valence-electron chi connectivity index (χ0n) is 17.3. The number of aliphatic carboxylic acids is 1. The van der Waals surface area contributed by atoms with Gasteiger partial charge in [-0.15, -0.1) is 0 Å². The van der Waals surface area contributed by atoms with E-state index in [1.54, 1.807) is 11.0 Å². The molecule has 0 saturated carbocycles. The number of carboxylic acid groups (broad SMARTS) is 1. The monoisotopic (exact) mass is 495 g/mol. The molecule has 0 bridgehead atoms. The highest BCUT2D eigenvalue weighted by atomic mass is 35.5. The molecule has 0 aliphatic carbocycles. The zero-order valence-corrected chi connectivity index (χ0v) is 19.6.